The van der Waals surface area contributed by atoms with Crippen LogP contribution in [0.25, 0.3) is 0 Å². The molecular weight excluding hydrogens is 390 g/mol. The minimum atomic E-state index is 0.0182. The lowest BCUT2D eigenvalue weighted by atomic mass is 9.82. The molecule has 7 nitrogen and oxygen atoms in total. The van der Waals surface area contributed by atoms with E-state index in [9.17, 15) is 9.59 Å². The fourth-order valence-electron chi connectivity index (χ4n) is 5.58. The van der Waals surface area contributed by atoms with Gasteiger partial charge < -0.3 is 14.8 Å². The van der Waals surface area contributed by atoms with E-state index in [-0.39, 0.29) is 17.4 Å². The van der Waals surface area contributed by atoms with E-state index < -0.39 is 0 Å². The first-order valence-corrected chi connectivity index (χ1v) is 11.5. The molecule has 0 aliphatic carbocycles. The van der Waals surface area contributed by atoms with E-state index in [0.29, 0.717) is 36.9 Å². The number of carbonyl (C=O) groups is 1. The maximum atomic E-state index is 13.3. The number of pyridine rings is 2. The molecule has 7 heteroatoms. The minimum absolute atomic E-state index is 0.0182. The fourth-order valence-corrected chi connectivity index (χ4v) is 5.58. The summed E-state index contributed by atoms with van der Waals surface area (Å²) in [6.45, 7) is 4.98. The van der Waals surface area contributed by atoms with Crippen molar-refractivity contribution in [2.75, 3.05) is 38.5 Å². The van der Waals surface area contributed by atoms with Crippen LogP contribution in [0, 0.1) is 5.92 Å². The maximum absolute atomic E-state index is 13.3. The van der Waals surface area contributed by atoms with Crippen LogP contribution in [-0.2, 0) is 13.1 Å². The van der Waals surface area contributed by atoms with E-state index in [4.69, 9.17) is 0 Å². The van der Waals surface area contributed by atoms with Gasteiger partial charge in [0.1, 0.15) is 5.82 Å². The molecule has 0 aromatic carbocycles. The van der Waals surface area contributed by atoms with E-state index in [1.165, 1.54) is 19.3 Å². The molecule has 0 unspecified atom stereocenters. The van der Waals surface area contributed by atoms with Crippen molar-refractivity contribution in [3.05, 3.63) is 57.6 Å². The summed E-state index contributed by atoms with van der Waals surface area (Å²) in [5, 5.41) is 3.02. The Balaban J connectivity index is 1.37. The van der Waals surface area contributed by atoms with E-state index >= 15 is 0 Å². The molecule has 2 aromatic heterocycles. The quantitative estimate of drug-likeness (QED) is 0.822. The third-order valence-corrected chi connectivity index (χ3v) is 7.09. The molecule has 5 rings (SSSR count). The van der Waals surface area contributed by atoms with Gasteiger partial charge in [-0.15, -0.1) is 0 Å². The summed E-state index contributed by atoms with van der Waals surface area (Å²) >= 11 is 0. The molecule has 3 aliphatic rings. The highest BCUT2D eigenvalue weighted by molar-refractivity contribution is 5.98. The van der Waals surface area contributed by atoms with Crippen LogP contribution in [0.15, 0.2) is 35.3 Å². The Labute approximate surface area is 183 Å². The van der Waals surface area contributed by atoms with Crippen molar-refractivity contribution in [3.8, 4) is 0 Å². The molecule has 5 heterocycles. The zero-order valence-electron chi connectivity index (χ0n) is 18.2. The maximum Gasteiger partial charge on any atom is 0.257 e. The summed E-state index contributed by atoms with van der Waals surface area (Å²) in [5.41, 5.74) is 2.77. The van der Waals surface area contributed by atoms with Gasteiger partial charge in [-0.05, 0) is 56.5 Å². The third-order valence-electron chi connectivity index (χ3n) is 7.09. The molecular formula is C24H31N5O2. The lowest BCUT2D eigenvalue weighted by molar-refractivity contribution is 0.0594. The van der Waals surface area contributed by atoms with Crippen molar-refractivity contribution in [1.29, 1.82) is 0 Å². The number of nitrogens with one attached hydrogen (secondary N) is 1. The molecule has 2 bridgehead atoms. The van der Waals surface area contributed by atoms with Crippen molar-refractivity contribution >= 4 is 11.7 Å². The molecule has 0 spiro atoms. The lowest BCUT2D eigenvalue weighted by Gasteiger charge is -2.43. The van der Waals surface area contributed by atoms with Gasteiger partial charge in [-0.1, -0.05) is 12.5 Å². The van der Waals surface area contributed by atoms with Gasteiger partial charge in [0.25, 0.3) is 11.5 Å². The Morgan fingerprint density at radius 2 is 1.97 bits per heavy atom. The highest BCUT2D eigenvalue weighted by Crippen LogP contribution is 2.36. The number of amides is 1. The molecule has 2 saturated heterocycles. The molecule has 3 aliphatic heterocycles. The standard InChI is InChI=1S/C24H31N5O2/c1-25-22-20(6-5-9-26-22)24(31)28-13-17-12-19(16-28)21-8-7-18(23(30)29(21)14-17)15-27-10-3-2-4-11-27/h5-9,17,19H,2-4,10-16H2,1H3,(H,25,26)/t17-,19+/m0/s1. The van der Waals surface area contributed by atoms with Gasteiger partial charge in [-0.2, -0.15) is 0 Å². The van der Waals surface area contributed by atoms with Gasteiger partial charge >= 0.3 is 0 Å². The zero-order valence-corrected chi connectivity index (χ0v) is 18.2. The number of likely N-dealkylation sites (tertiary alicyclic amines) is 2. The van der Waals surface area contributed by atoms with Crippen LogP contribution in [-0.4, -0.2) is 58.5 Å². The van der Waals surface area contributed by atoms with Gasteiger partial charge in [-0.25, -0.2) is 4.98 Å². The Morgan fingerprint density at radius 3 is 2.77 bits per heavy atom. The first-order valence-electron chi connectivity index (χ1n) is 11.5. The van der Waals surface area contributed by atoms with E-state index in [0.717, 1.165) is 37.3 Å². The predicted octanol–water partition coefficient (Wildman–Crippen LogP) is 2.53. The summed E-state index contributed by atoms with van der Waals surface area (Å²) in [6.07, 6.45) is 6.49. The van der Waals surface area contributed by atoms with Crippen molar-refractivity contribution in [2.45, 2.75) is 44.7 Å². The Morgan fingerprint density at radius 1 is 1.13 bits per heavy atom. The van der Waals surface area contributed by atoms with E-state index in [1.54, 1.807) is 19.3 Å². The molecule has 2 fully saturated rings. The lowest BCUT2D eigenvalue weighted by Crippen LogP contribution is -2.49. The Hall–Kier alpha value is -2.67. The summed E-state index contributed by atoms with van der Waals surface area (Å²) in [5.74, 6) is 1.16. The summed E-state index contributed by atoms with van der Waals surface area (Å²) in [7, 11) is 1.79. The molecule has 31 heavy (non-hydrogen) atoms. The summed E-state index contributed by atoms with van der Waals surface area (Å²) in [6, 6.07) is 7.80. The van der Waals surface area contributed by atoms with Crippen LogP contribution in [0.4, 0.5) is 5.82 Å². The van der Waals surface area contributed by atoms with Crippen LogP contribution in [0.2, 0.25) is 0 Å². The van der Waals surface area contributed by atoms with Crippen LogP contribution >= 0.6 is 0 Å². The Kier molecular flexibility index (Phi) is 5.52. The van der Waals surface area contributed by atoms with Gasteiger partial charge in [0, 0.05) is 56.6 Å². The van der Waals surface area contributed by atoms with E-state index in [1.807, 2.05) is 21.6 Å². The average molecular weight is 422 g/mol. The highest BCUT2D eigenvalue weighted by Gasteiger charge is 2.37. The normalized spacial score (nSPS) is 23.3. The van der Waals surface area contributed by atoms with Crippen LogP contribution in [0.1, 0.15) is 53.2 Å². The van der Waals surface area contributed by atoms with Crippen molar-refractivity contribution in [2.24, 2.45) is 5.92 Å². The zero-order chi connectivity index (χ0) is 21.4. The Bertz CT molecular complexity index is 1030. The number of anilines is 1. The third kappa shape index (κ3) is 3.87. The summed E-state index contributed by atoms with van der Waals surface area (Å²) in [4.78, 5) is 35.2. The second-order valence-electron chi connectivity index (χ2n) is 9.19. The number of hydrogen-bond acceptors (Lipinski definition) is 5. The largest absolute Gasteiger partial charge is 0.372 e. The van der Waals surface area contributed by atoms with Crippen LogP contribution < -0.4 is 10.9 Å². The van der Waals surface area contributed by atoms with Gasteiger partial charge in [0.05, 0.1) is 5.56 Å². The molecule has 1 amide bonds. The molecule has 0 saturated carbocycles. The minimum Gasteiger partial charge on any atom is -0.372 e. The first kappa shape index (κ1) is 20.2. The first-order chi connectivity index (χ1) is 15.1. The van der Waals surface area contributed by atoms with Crippen molar-refractivity contribution < 1.29 is 4.79 Å². The fraction of sp³-hybridized carbons (Fsp3) is 0.542. The molecule has 0 radical (unpaired) electrons. The number of aromatic nitrogens is 2. The SMILES string of the molecule is CNc1ncccc1C(=O)N1C[C@@H]2C[C@H](C1)c1ccc(CN3CCCCC3)c(=O)n1C2. The number of rotatable bonds is 4. The molecule has 2 aromatic rings. The number of fused-ring (bicyclic) bond motifs is 4. The van der Waals surface area contributed by atoms with Crippen LogP contribution in [0.5, 0.6) is 0 Å². The smallest absolute Gasteiger partial charge is 0.257 e. The predicted molar refractivity (Wildman–Crippen MR) is 120 cm³/mol. The second kappa shape index (κ2) is 8.46. The summed E-state index contributed by atoms with van der Waals surface area (Å²) < 4.78 is 2.00. The van der Waals surface area contributed by atoms with Crippen molar-refractivity contribution in [1.82, 2.24) is 19.4 Å². The highest BCUT2D eigenvalue weighted by atomic mass is 16.2. The molecule has 2 atom stereocenters. The van der Waals surface area contributed by atoms with Gasteiger partial charge in [0.15, 0.2) is 0 Å². The van der Waals surface area contributed by atoms with Crippen LogP contribution in [0.3, 0.4) is 0 Å². The monoisotopic (exact) mass is 421 g/mol. The van der Waals surface area contributed by atoms with Gasteiger partial charge in [0.2, 0.25) is 0 Å². The average Bonchev–Trinajstić information content (AvgIpc) is 2.81. The molecule has 1 N–H and O–H groups in total. The number of nitrogens with zero attached hydrogens (tertiary/aromatic N) is 4. The number of piperidine rings is 2. The topological polar surface area (TPSA) is 70.5 Å². The van der Waals surface area contributed by atoms with E-state index in [2.05, 4.69) is 21.3 Å². The second-order valence-corrected chi connectivity index (χ2v) is 9.19. The number of carbonyl (C=O) groups excluding carboxylic acids is 1. The molecule has 164 valence electrons. The number of hydrogen-bond donors (Lipinski definition) is 1. The van der Waals surface area contributed by atoms with Gasteiger partial charge in [-0.3, -0.25) is 14.5 Å². The van der Waals surface area contributed by atoms with Crippen molar-refractivity contribution in [3.63, 3.8) is 0 Å².